The van der Waals surface area contributed by atoms with Crippen LogP contribution in [-0.4, -0.2) is 41.1 Å². The number of nitriles is 1. The Labute approximate surface area is 146 Å². The highest BCUT2D eigenvalue weighted by atomic mass is 32.2. The van der Waals surface area contributed by atoms with Crippen LogP contribution in [0.15, 0.2) is 28.3 Å². The topological polar surface area (TPSA) is 79.0 Å². The lowest BCUT2D eigenvalue weighted by Crippen LogP contribution is -2.35. The zero-order chi connectivity index (χ0) is 17.2. The maximum atomic E-state index is 12.8. The highest BCUT2D eigenvalue weighted by Gasteiger charge is 2.26. The van der Waals surface area contributed by atoms with Gasteiger partial charge in [0.05, 0.1) is 27.8 Å². The maximum Gasteiger partial charge on any atom is 0.243 e. The average Bonchev–Trinajstić information content (AvgIpc) is 2.97. The van der Waals surface area contributed by atoms with Gasteiger partial charge in [-0.25, -0.2) is 13.4 Å². The van der Waals surface area contributed by atoms with Crippen LogP contribution in [0, 0.1) is 11.3 Å². The van der Waals surface area contributed by atoms with Crippen molar-refractivity contribution in [2.75, 3.05) is 18.8 Å². The Bertz CT molecular complexity index is 877. The van der Waals surface area contributed by atoms with Crippen molar-refractivity contribution in [2.24, 2.45) is 0 Å². The molecule has 8 heteroatoms. The summed E-state index contributed by atoms with van der Waals surface area (Å²) in [6.45, 7) is 3.92. The van der Waals surface area contributed by atoms with Crippen molar-refractivity contribution in [3.63, 3.8) is 0 Å². The van der Waals surface area contributed by atoms with E-state index in [2.05, 4.69) is 11.1 Å². The van der Waals surface area contributed by atoms with Crippen LogP contribution in [0.1, 0.15) is 26.2 Å². The summed E-state index contributed by atoms with van der Waals surface area (Å²) >= 11 is 1.37. The van der Waals surface area contributed by atoms with Crippen LogP contribution >= 0.6 is 11.8 Å². The molecule has 0 unspecified atom stereocenters. The second-order valence-corrected chi connectivity index (χ2v) is 8.58. The fourth-order valence-corrected chi connectivity index (χ4v) is 5.29. The number of fused-ring (bicyclic) bond motifs is 1. The van der Waals surface area contributed by atoms with Gasteiger partial charge in [0, 0.05) is 19.6 Å². The minimum atomic E-state index is -3.46. The second kappa shape index (κ2) is 7.13. The highest BCUT2D eigenvalue weighted by Crippen LogP contribution is 2.28. The van der Waals surface area contributed by atoms with Gasteiger partial charge in [0.15, 0.2) is 5.16 Å². The largest absolute Gasteiger partial charge is 0.319 e. The number of nitrogens with zero attached hydrogens (tertiary/aromatic N) is 4. The van der Waals surface area contributed by atoms with Crippen LogP contribution in [0.3, 0.4) is 0 Å². The monoisotopic (exact) mass is 364 g/mol. The Kier molecular flexibility index (Phi) is 5.13. The molecule has 2 aromatic rings. The SMILES string of the molecule is CCn1c(SCC#N)nc2cc(S(=O)(=O)N3CCCCC3)ccc21. The third-order valence-electron chi connectivity index (χ3n) is 4.22. The van der Waals surface area contributed by atoms with Gasteiger partial charge in [0.25, 0.3) is 0 Å². The first-order chi connectivity index (χ1) is 11.6. The molecule has 6 nitrogen and oxygen atoms in total. The summed E-state index contributed by atoms with van der Waals surface area (Å²) < 4.78 is 29.2. The molecule has 0 atom stereocenters. The predicted octanol–water partition coefficient (Wildman–Crippen LogP) is 2.85. The van der Waals surface area contributed by atoms with Crippen molar-refractivity contribution in [2.45, 2.75) is 42.8 Å². The Balaban J connectivity index is 2.00. The molecule has 2 heterocycles. The number of rotatable bonds is 5. The predicted molar refractivity (Wildman–Crippen MR) is 94.4 cm³/mol. The first kappa shape index (κ1) is 17.3. The van der Waals surface area contributed by atoms with Gasteiger partial charge in [-0.3, -0.25) is 0 Å². The van der Waals surface area contributed by atoms with E-state index in [1.165, 1.54) is 11.8 Å². The average molecular weight is 364 g/mol. The van der Waals surface area contributed by atoms with E-state index in [1.807, 2.05) is 17.6 Å². The van der Waals surface area contributed by atoms with Crippen LogP contribution < -0.4 is 0 Å². The lowest BCUT2D eigenvalue weighted by molar-refractivity contribution is 0.346. The normalized spacial score (nSPS) is 16.3. The van der Waals surface area contributed by atoms with E-state index in [9.17, 15) is 8.42 Å². The molecule has 1 fully saturated rings. The number of aryl methyl sites for hydroxylation is 1. The Morgan fingerprint density at radius 1 is 1.29 bits per heavy atom. The molecular weight excluding hydrogens is 344 g/mol. The molecule has 1 aromatic heterocycles. The smallest absolute Gasteiger partial charge is 0.243 e. The van der Waals surface area contributed by atoms with Crippen molar-refractivity contribution < 1.29 is 8.42 Å². The van der Waals surface area contributed by atoms with Gasteiger partial charge in [-0.15, -0.1) is 0 Å². The van der Waals surface area contributed by atoms with Crippen molar-refractivity contribution in [1.29, 1.82) is 5.26 Å². The van der Waals surface area contributed by atoms with E-state index in [1.54, 1.807) is 16.4 Å². The molecule has 128 valence electrons. The van der Waals surface area contributed by atoms with Gasteiger partial charge in [-0.1, -0.05) is 18.2 Å². The first-order valence-corrected chi connectivity index (χ1v) is 10.5. The van der Waals surface area contributed by atoms with Crippen molar-refractivity contribution in [1.82, 2.24) is 13.9 Å². The van der Waals surface area contributed by atoms with Crippen LogP contribution in [0.4, 0.5) is 0 Å². The molecule has 0 bridgehead atoms. The summed E-state index contributed by atoms with van der Waals surface area (Å²) in [5.41, 5.74) is 1.56. The van der Waals surface area contributed by atoms with E-state index in [4.69, 9.17) is 5.26 Å². The number of piperidine rings is 1. The molecular formula is C16H20N4O2S2. The van der Waals surface area contributed by atoms with E-state index in [0.29, 0.717) is 29.3 Å². The van der Waals surface area contributed by atoms with Crippen LogP contribution in [0.5, 0.6) is 0 Å². The summed E-state index contributed by atoms with van der Waals surface area (Å²) in [6.07, 6.45) is 2.92. The lowest BCUT2D eigenvalue weighted by atomic mass is 10.2. The van der Waals surface area contributed by atoms with E-state index < -0.39 is 10.0 Å². The molecule has 0 N–H and O–H groups in total. The van der Waals surface area contributed by atoms with Crippen molar-refractivity contribution in [3.8, 4) is 6.07 Å². The molecule has 1 aliphatic rings. The molecule has 3 rings (SSSR count). The summed E-state index contributed by atoms with van der Waals surface area (Å²) in [5.74, 6) is 0.322. The fraction of sp³-hybridized carbons (Fsp3) is 0.500. The quantitative estimate of drug-likeness (QED) is 0.762. The molecule has 0 aliphatic carbocycles. The highest BCUT2D eigenvalue weighted by molar-refractivity contribution is 7.99. The van der Waals surface area contributed by atoms with Gasteiger partial charge in [-0.2, -0.15) is 9.57 Å². The molecule has 0 spiro atoms. The van der Waals surface area contributed by atoms with Gasteiger partial charge < -0.3 is 4.57 Å². The zero-order valence-electron chi connectivity index (χ0n) is 13.6. The number of sulfonamides is 1. The van der Waals surface area contributed by atoms with Gasteiger partial charge in [-0.05, 0) is 38.0 Å². The molecule has 0 saturated carbocycles. The van der Waals surface area contributed by atoms with Crippen molar-refractivity contribution in [3.05, 3.63) is 18.2 Å². The number of benzene rings is 1. The van der Waals surface area contributed by atoms with Gasteiger partial charge >= 0.3 is 0 Å². The lowest BCUT2D eigenvalue weighted by Gasteiger charge is -2.25. The molecule has 0 amide bonds. The minimum absolute atomic E-state index is 0.300. The van der Waals surface area contributed by atoms with E-state index >= 15 is 0 Å². The molecule has 1 saturated heterocycles. The van der Waals surface area contributed by atoms with Crippen LogP contribution in [0.2, 0.25) is 0 Å². The third-order valence-corrected chi connectivity index (χ3v) is 6.96. The molecule has 1 aromatic carbocycles. The minimum Gasteiger partial charge on any atom is -0.319 e. The second-order valence-electron chi connectivity index (χ2n) is 5.70. The van der Waals surface area contributed by atoms with E-state index in [0.717, 1.165) is 36.5 Å². The van der Waals surface area contributed by atoms with Crippen LogP contribution in [0.25, 0.3) is 11.0 Å². The zero-order valence-corrected chi connectivity index (χ0v) is 15.2. The van der Waals surface area contributed by atoms with Crippen LogP contribution in [-0.2, 0) is 16.6 Å². The molecule has 24 heavy (non-hydrogen) atoms. The fourth-order valence-electron chi connectivity index (χ4n) is 3.01. The van der Waals surface area contributed by atoms with Crippen molar-refractivity contribution >= 4 is 32.8 Å². The van der Waals surface area contributed by atoms with Gasteiger partial charge in [0.1, 0.15) is 0 Å². The third kappa shape index (κ3) is 3.16. The standard InChI is InChI=1S/C16H20N4O2S2/c1-2-20-15-7-6-13(12-14(15)18-16(20)23-11-8-17)24(21,22)19-9-4-3-5-10-19/h6-7,12H,2-5,9-11H2,1H3. The number of hydrogen-bond donors (Lipinski definition) is 0. The summed E-state index contributed by atoms with van der Waals surface area (Å²) in [6, 6.07) is 7.24. The Hall–Kier alpha value is -1.56. The Morgan fingerprint density at radius 2 is 2.04 bits per heavy atom. The molecule has 0 radical (unpaired) electrons. The number of thioether (sulfide) groups is 1. The van der Waals surface area contributed by atoms with E-state index in [-0.39, 0.29) is 0 Å². The number of hydrogen-bond acceptors (Lipinski definition) is 5. The maximum absolute atomic E-state index is 12.8. The Morgan fingerprint density at radius 3 is 2.71 bits per heavy atom. The number of imidazole rings is 1. The first-order valence-electron chi connectivity index (χ1n) is 8.08. The molecule has 1 aliphatic heterocycles. The summed E-state index contributed by atoms with van der Waals surface area (Å²) in [4.78, 5) is 4.83. The summed E-state index contributed by atoms with van der Waals surface area (Å²) in [7, 11) is -3.46. The summed E-state index contributed by atoms with van der Waals surface area (Å²) in [5, 5.41) is 9.52. The number of aromatic nitrogens is 2. The van der Waals surface area contributed by atoms with Gasteiger partial charge in [0.2, 0.25) is 10.0 Å².